The van der Waals surface area contributed by atoms with Crippen molar-refractivity contribution in [2.75, 3.05) is 6.61 Å². The Morgan fingerprint density at radius 1 is 1.30 bits per heavy atom. The van der Waals surface area contributed by atoms with Gasteiger partial charge in [-0.15, -0.1) is 4.91 Å². The van der Waals surface area contributed by atoms with Gasteiger partial charge < -0.3 is 20.4 Å². The molecule has 0 radical (unpaired) electrons. The quantitative estimate of drug-likeness (QED) is 0.340. The van der Waals surface area contributed by atoms with E-state index in [-0.39, 0.29) is 0 Å². The molecule has 0 aromatic heterocycles. The highest BCUT2D eigenvalue weighted by Crippen LogP contribution is 1.99. The Bertz CT molecular complexity index is 108. The lowest BCUT2D eigenvalue weighted by atomic mass is 10.2. The average Bonchev–Trinajstić information content (AvgIpc) is 2.00. The fourth-order valence-electron chi connectivity index (χ4n) is 0.369. The molecule has 0 aliphatic rings. The summed E-state index contributed by atoms with van der Waals surface area (Å²) in [6, 6.07) is 0. The lowest BCUT2D eigenvalue weighted by Crippen LogP contribution is -2.38. The third-order valence-corrected chi connectivity index (χ3v) is 0.995. The number of aliphatic hydroxyl groups excluding tert-OH is 4. The minimum Gasteiger partial charge on any atom is -0.394 e. The van der Waals surface area contributed by atoms with Crippen molar-refractivity contribution >= 4 is 0 Å². The zero-order chi connectivity index (χ0) is 8.15. The first-order chi connectivity index (χ1) is 4.63. The minimum atomic E-state index is -1.89. The van der Waals surface area contributed by atoms with E-state index in [0.29, 0.717) is 0 Å². The van der Waals surface area contributed by atoms with Crippen molar-refractivity contribution < 1.29 is 20.4 Å². The van der Waals surface area contributed by atoms with Gasteiger partial charge in [-0.1, -0.05) is 0 Å². The summed E-state index contributed by atoms with van der Waals surface area (Å²) in [7, 11) is 0. The molecular weight excluding hydrogens is 142 g/mol. The smallest absolute Gasteiger partial charge is 0.215 e. The number of aliphatic hydroxyl groups is 4. The molecule has 0 aliphatic heterocycles. The van der Waals surface area contributed by atoms with Crippen LogP contribution in [0.2, 0.25) is 0 Å². The molecule has 0 bridgehead atoms. The third-order valence-electron chi connectivity index (χ3n) is 0.995. The summed E-state index contributed by atoms with van der Waals surface area (Å²) in [6.45, 7) is -0.728. The highest BCUT2D eigenvalue weighted by Gasteiger charge is 2.24. The van der Waals surface area contributed by atoms with Gasteiger partial charge in [-0.2, -0.15) is 0 Å². The molecule has 60 valence electrons. The summed E-state index contributed by atoms with van der Waals surface area (Å²) in [6.07, 6.45) is -5.14. The molecule has 0 fully saturated rings. The van der Waals surface area contributed by atoms with E-state index in [1.54, 1.807) is 0 Å². The summed E-state index contributed by atoms with van der Waals surface area (Å²) >= 11 is 0. The maximum Gasteiger partial charge on any atom is 0.215 e. The predicted octanol–water partition coefficient (Wildman–Crippen LogP) is -2.21. The van der Waals surface area contributed by atoms with Crippen LogP contribution in [0.4, 0.5) is 0 Å². The molecule has 0 unspecified atom stereocenters. The van der Waals surface area contributed by atoms with Crippen molar-refractivity contribution in [2.24, 2.45) is 5.18 Å². The summed E-state index contributed by atoms with van der Waals surface area (Å²) in [4.78, 5) is 9.51. The summed E-state index contributed by atoms with van der Waals surface area (Å²) < 4.78 is 0. The van der Waals surface area contributed by atoms with Gasteiger partial charge in [0.25, 0.3) is 0 Å². The molecule has 10 heavy (non-hydrogen) atoms. The second kappa shape index (κ2) is 4.29. The van der Waals surface area contributed by atoms with Crippen LogP contribution < -0.4 is 0 Å². The summed E-state index contributed by atoms with van der Waals surface area (Å²) in [5.41, 5.74) is 0. The molecule has 0 aromatic rings. The number of hydrogen-bond donors (Lipinski definition) is 4. The average molecular weight is 151 g/mol. The van der Waals surface area contributed by atoms with Crippen LogP contribution in [0, 0.1) is 4.91 Å². The van der Waals surface area contributed by atoms with Gasteiger partial charge in [0, 0.05) is 0 Å². The van der Waals surface area contributed by atoms with Crippen LogP contribution >= 0.6 is 0 Å². The van der Waals surface area contributed by atoms with E-state index in [2.05, 4.69) is 0 Å². The molecule has 6 nitrogen and oxygen atoms in total. The van der Waals surface area contributed by atoms with Gasteiger partial charge in [0.1, 0.15) is 12.2 Å². The topological polar surface area (TPSA) is 110 Å². The molecule has 0 rings (SSSR count). The summed E-state index contributed by atoms with van der Waals surface area (Å²) in [5.74, 6) is 0. The van der Waals surface area contributed by atoms with Crippen LogP contribution in [0.25, 0.3) is 0 Å². The van der Waals surface area contributed by atoms with E-state index in [0.717, 1.165) is 0 Å². The van der Waals surface area contributed by atoms with Crippen LogP contribution in [0.1, 0.15) is 0 Å². The fourth-order valence-corrected chi connectivity index (χ4v) is 0.369. The Morgan fingerprint density at radius 2 is 1.80 bits per heavy atom. The lowest BCUT2D eigenvalue weighted by Gasteiger charge is -2.15. The molecule has 0 saturated heterocycles. The molecule has 6 heteroatoms. The van der Waals surface area contributed by atoms with E-state index in [4.69, 9.17) is 20.4 Å². The first-order valence-corrected chi connectivity index (χ1v) is 2.61. The van der Waals surface area contributed by atoms with E-state index in [9.17, 15) is 4.91 Å². The van der Waals surface area contributed by atoms with Crippen molar-refractivity contribution in [2.45, 2.75) is 18.4 Å². The first-order valence-electron chi connectivity index (χ1n) is 2.61. The Morgan fingerprint density at radius 3 is 2.10 bits per heavy atom. The van der Waals surface area contributed by atoms with E-state index < -0.39 is 25.0 Å². The van der Waals surface area contributed by atoms with Crippen LogP contribution in [-0.2, 0) is 0 Å². The molecule has 0 saturated carbocycles. The minimum absolute atomic E-state index is 0.728. The van der Waals surface area contributed by atoms with Gasteiger partial charge in [0.05, 0.1) is 6.61 Å². The third kappa shape index (κ3) is 2.36. The molecule has 0 aliphatic carbocycles. The Kier molecular flexibility index (Phi) is 4.05. The maximum absolute atomic E-state index is 9.51. The largest absolute Gasteiger partial charge is 0.394 e. The number of hydrogen-bond acceptors (Lipinski definition) is 6. The Labute approximate surface area is 56.7 Å². The van der Waals surface area contributed by atoms with E-state index >= 15 is 0 Å². The van der Waals surface area contributed by atoms with Crippen molar-refractivity contribution in [1.29, 1.82) is 0 Å². The Balaban J connectivity index is 3.80. The van der Waals surface area contributed by atoms with Crippen molar-refractivity contribution in [1.82, 2.24) is 0 Å². The van der Waals surface area contributed by atoms with Crippen molar-refractivity contribution in [3.8, 4) is 0 Å². The monoisotopic (exact) mass is 151 g/mol. The fraction of sp³-hybridized carbons (Fsp3) is 1.00. The highest BCUT2D eigenvalue weighted by molar-refractivity contribution is 4.71. The summed E-state index contributed by atoms with van der Waals surface area (Å²) in [5, 5.41) is 35.9. The molecular formula is C4H9NO5. The van der Waals surface area contributed by atoms with Gasteiger partial charge in [-0.25, -0.2) is 0 Å². The zero-order valence-electron chi connectivity index (χ0n) is 5.08. The first kappa shape index (κ1) is 9.44. The molecule has 3 atom stereocenters. The van der Waals surface area contributed by atoms with Crippen LogP contribution in [-0.4, -0.2) is 45.5 Å². The van der Waals surface area contributed by atoms with Gasteiger partial charge in [0.2, 0.25) is 6.23 Å². The molecule has 0 spiro atoms. The number of rotatable bonds is 4. The molecule has 0 amide bonds. The molecule has 0 heterocycles. The number of nitroso groups, excluding NO2 is 1. The lowest BCUT2D eigenvalue weighted by molar-refractivity contribution is -0.0734. The predicted molar refractivity (Wildman–Crippen MR) is 30.9 cm³/mol. The van der Waals surface area contributed by atoms with Gasteiger partial charge in [-0.3, -0.25) is 0 Å². The normalized spacial score (nSPS) is 19.6. The molecule has 4 N–H and O–H groups in total. The van der Waals surface area contributed by atoms with Crippen LogP contribution in [0.15, 0.2) is 5.18 Å². The maximum atomic E-state index is 9.51. The SMILES string of the molecule is O=N[C@H](O)[C@H](O)[C@H](O)CO. The second-order valence-corrected chi connectivity index (χ2v) is 1.76. The highest BCUT2D eigenvalue weighted by atomic mass is 16.4. The standard InChI is InChI=1S/C4H9NO5/c6-1-2(7)3(8)4(9)5-10/h2-4,6-9H,1H2/t2-,3-,4-/m1/s1. The van der Waals surface area contributed by atoms with Crippen molar-refractivity contribution in [3.63, 3.8) is 0 Å². The molecule has 0 aromatic carbocycles. The zero-order valence-corrected chi connectivity index (χ0v) is 5.08. The van der Waals surface area contributed by atoms with Crippen LogP contribution in [0.3, 0.4) is 0 Å². The van der Waals surface area contributed by atoms with E-state index in [1.807, 2.05) is 5.18 Å². The van der Waals surface area contributed by atoms with Gasteiger partial charge in [0.15, 0.2) is 0 Å². The second-order valence-electron chi connectivity index (χ2n) is 1.76. The van der Waals surface area contributed by atoms with Gasteiger partial charge in [-0.05, 0) is 5.18 Å². The van der Waals surface area contributed by atoms with E-state index in [1.165, 1.54) is 0 Å². The van der Waals surface area contributed by atoms with Crippen LogP contribution in [0.5, 0.6) is 0 Å². The number of nitrogens with zero attached hydrogens (tertiary/aromatic N) is 1. The Hall–Kier alpha value is -0.560. The van der Waals surface area contributed by atoms with Gasteiger partial charge >= 0.3 is 0 Å². The van der Waals surface area contributed by atoms with Crippen molar-refractivity contribution in [3.05, 3.63) is 4.91 Å².